The molecule has 0 fully saturated rings. The lowest BCUT2D eigenvalue weighted by Crippen LogP contribution is -2.51. The van der Waals surface area contributed by atoms with Crippen LogP contribution < -0.4 is 5.56 Å². The lowest BCUT2D eigenvalue weighted by atomic mass is 10.0. The number of imidazole rings is 1. The van der Waals surface area contributed by atoms with Crippen molar-refractivity contribution in [2.24, 2.45) is 0 Å². The molecule has 0 bridgehead atoms. The number of halogens is 6. The van der Waals surface area contributed by atoms with E-state index in [9.17, 15) is 40.7 Å². The zero-order chi connectivity index (χ0) is 25.7. The number of aldehydes is 1. The number of hydrogen-bond acceptors (Lipinski definition) is 4. The largest absolute Gasteiger partial charge is 0.416 e. The number of aryl methyl sites for hydroxylation is 1. The number of rotatable bonds is 4. The van der Waals surface area contributed by atoms with Crippen molar-refractivity contribution >= 4 is 12.2 Å². The molecule has 1 aliphatic heterocycles. The number of benzene rings is 1. The molecule has 1 unspecified atom stereocenters. The molecule has 1 aliphatic rings. The Morgan fingerprint density at radius 2 is 1.66 bits per heavy atom. The van der Waals surface area contributed by atoms with Crippen LogP contribution in [0.1, 0.15) is 32.9 Å². The Balaban J connectivity index is 1.74. The quantitative estimate of drug-likeness (QED) is 0.407. The van der Waals surface area contributed by atoms with Gasteiger partial charge in [-0.1, -0.05) is 0 Å². The third kappa shape index (κ3) is 4.57. The Kier molecular flexibility index (Phi) is 5.81. The van der Waals surface area contributed by atoms with Gasteiger partial charge in [0.25, 0.3) is 11.5 Å². The van der Waals surface area contributed by atoms with Gasteiger partial charge in [-0.05, 0) is 42.8 Å². The Bertz CT molecular complexity index is 1340. The van der Waals surface area contributed by atoms with Crippen LogP contribution in [0.15, 0.2) is 47.7 Å². The molecule has 4 rings (SSSR count). The van der Waals surface area contributed by atoms with E-state index in [-0.39, 0.29) is 24.0 Å². The van der Waals surface area contributed by atoms with Crippen LogP contribution in [0.25, 0.3) is 5.69 Å². The van der Waals surface area contributed by atoms with E-state index >= 15 is 0 Å². The average molecular weight is 498 g/mol. The molecular formula is C22H16F6N4O3. The van der Waals surface area contributed by atoms with Gasteiger partial charge in [-0.15, -0.1) is 0 Å². The smallest absolute Gasteiger partial charge is 0.321 e. The molecule has 2 aromatic heterocycles. The van der Waals surface area contributed by atoms with Gasteiger partial charge in [0.05, 0.1) is 29.7 Å². The molecule has 0 spiro atoms. The number of carbonyl (C=O) groups excluding carboxylic acids is 2. The average Bonchev–Trinajstić information content (AvgIpc) is 3.20. The summed E-state index contributed by atoms with van der Waals surface area (Å²) in [5.74, 6) is -0.884. The number of carbonyl (C=O) groups is 2. The van der Waals surface area contributed by atoms with Crippen molar-refractivity contribution in [2.45, 2.75) is 38.4 Å². The lowest BCUT2D eigenvalue weighted by Gasteiger charge is -2.34. The molecule has 13 heteroatoms. The van der Waals surface area contributed by atoms with Crippen LogP contribution in [0, 0.1) is 6.92 Å². The van der Waals surface area contributed by atoms with E-state index in [4.69, 9.17) is 0 Å². The first kappa shape index (κ1) is 24.2. The van der Waals surface area contributed by atoms with Crippen LogP contribution >= 0.6 is 0 Å². The fraction of sp³-hybridized carbons (Fsp3) is 0.273. The van der Waals surface area contributed by atoms with E-state index in [0.717, 1.165) is 9.47 Å². The number of amides is 1. The fourth-order valence-electron chi connectivity index (χ4n) is 3.88. The van der Waals surface area contributed by atoms with E-state index < -0.39 is 53.1 Å². The first-order valence-electron chi connectivity index (χ1n) is 10.1. The van der Waals surface area contributed by atoms with Gasteiger partial charge in [0.2, 0.25) is 0 Å². The molecule has 0 saturated heterocycles. The van der Waals surface area contributed by atoms with Gasteiger partial charge >= 0.3 is 12.4 Å². The highest BCUT2D eigenvalue weighted by Gasteiger charge is 2.38. The van der Waals surface area contributed by atoms with E-state index in [2.05, 4.69) is 4.98 Å². The summed E-state index contributed by atoms with van der Waals surface area (Å²) >= 11 is 0. The summed E-state index contributed by atoms with van der Waals surface area (Å²) < 4.78 is 81.7. The number of alkyl halides is 6. The van der Waals surface area contributed by atoms with Gasteiger partial charge in [0.1, 0.15) is 23.7 Å². The molecular weight excluding hydrogens is 482 g/mol. The van der Waals surface area contributed by atoms with Crippen LogP contribution in [-0.2, 0) is 30.2 Å². The minimum atomic E-state index is -5.06. The molecule has 0 saturated carbocycles. The zero-order valence-corrected chi connectivity index (χ0v) is 17.9. The highest BCUT2D eigenvalue weighted by molar-refractivity contribution is 5.95. The Hall–Kier alpha value is -3.90. The van der Waals surface area contributed by atoms with E-state index in [1.165, 1.54) is 23.0 Å². The summed E-state index contributed by atoms with van der Waals surface area (Å²) in [6.07, 6.45) is -6.84. The Morgan fingerprint density at radius 1 is 1.03 bits per heavy atom. The summed E-state index contributed by atoms with van der Waals surface area (Å²) in [5, 5.41) is 0. The molecule has 0 aliphatic carbocycles. The molecule has 35 heavy (non-hydrogen) atoms. The number of fused-ring (bicyclic) bond motifs is 1. The predicted octanol–water partition coefficient (Wildman–Crippen LogP) is 3.60. The van der Waals surface area contributed by atoms with Gasteiger partial charge in [-0.25, -0.2) is 4.98 Å². The van der Waals surface area contributed by atoms with Crippen LogP contribution in [-0.4, -0.2) is 37.3 Å². The first-order chi connectivity index (χ1) is 16.3. The number of aromatic nitrogens is 3. The fourth-order valence-corrected chi connectivity index (χ4v) is 3.88. The summed E-state index contributed by atoms with van der Waals surface area (Å²) in [6.45, 7) is 0.677. The van der Waals surface area contributed by atoms with Crippen molar-refractivity contribution in [3.63, 3.8) is 0 Å². The zero-order valence-electron chi connectivity index (χ0n) is 17.9. The van der Waals surface area contributed by atoms with Crippen molar-refractivity contribution in [3.8, 4) is 5.69 Å². The van der Waals surface area contributed by atoms with E-state index in [1.54, 1.807) is 13.1 Å². The molecule has 0 radical (unpaired) electrons. The lowest BCUT2D eigenvalue weighted by molar-refractivity contribution is -0.143. The number of pyridine rings is 1. The van der Waals surface area contributed by atoms with E-state index in [1.807, 2.05) is 0 Å². The molecule has 0 N–H and O–H groups in total. The second-order valence-electron chi connectivity index (χ2n) is 7.99. The van der Waals surface area contributed by atoms with Gasteiger partial charge in [0.15, 0.2) is 0 Å². The molecule has 1 aromatic carbocycles. The highest BCUT2D eigenvalue weighted by atomic mass is 19.4. The van der Waals surface area contributed by atoms with Gasteiger partial charge in [0, 0.05) is 12.7 Å². The molecule has 7 nitrogen and oxygen atoms in total. The number of hydrogen-bond donors (Lipinski definition) is 0. The van der Waals surface area contributed by atoms with Crippen molar-refractivity contribution in [1.82, 2.24) is 19.0 Å². The monoisotopic (exact) mass is 498 g/mol. The normalized spacial score (nSPS) is 16.4. The minimum Gasteiger partial charge on any atom is -0.321 e. The van der Waals surface area contributed by atoms with Crippen molar-refractivity contribution in [3.05, 3.63) is 81.3 Å². The Morgan fingerprint density at radius 3 is 2.17 bits per heavy atom. The number of nitrogens with zero attached hydrogens (tertiary/aromatic N) is 4. The Labute approximate surface area is 193 Å². The van der Waals surface area contributed by atoms with Gasteiger partial charge in [-0.2, -0.15) is 26.3 Å². The molecule has 3 heterocycles. The third-order valence-electron chi connectivity index (χ3n) is 5.55. The summed E-state index contributed by atoms with van der Waals surface area (Å²) in [7, 11) is 0. The second-order valence-corrected chi connectivity index (χ2v) is 7.99. The SMILES string of the molecule is Cc1cn(-c2ccc3n(c2=O)CC(C=O)N(Cc2cc(C(F)(F)F)cc(C(F)(F)F)c2)C3=O)cn1. The second kappa shape index (κ2) is 8.40. The van der Waals surface area contributed by atoms with Gasteiger partial charge < -0.3 is 14.3 Å². The topological polar surface area (TPSA) is 77.2 Å². The van der Waals surface area contributed by atoms with Crippen molar-refractivity contribution in [2.75, 3.05) is 0 Å². The van der Waals surface area contributed by atoms with Crippen molar-refractivity contribution in [1.29, 1.82) is 0 Å². The predicted molar refractivity (Wildman–Crippen MR) is 109 cm³/mol. The highest BCUT2D eigenvalue weighted by Crippen LogP contribution is 2.37. The first-order valence-corrected chi connectivity index (χ1v) is 10.1. The summed E-state index contributed by atoms with van der Waals surface area (Å²) in [4.78, 5) is 42.7. The standard InChI is InChI=1S/C22H16F6N4O3/c1-12-7-30(11-29-12)17-2-3-18-20(35)31(16(10-33)9-32(18)19(17)34)8-13-4-14(21(23,24)25)6-15(5-13)22(26,27)28/h2-7,10-11,16H,8-9H2,1H3. The maximum Gasteiger partial charge on any atom is 0.416 e. The summed E-state index contributed by atoms with van der Waals surface area (Å²) in [6, 6.07) is 2.32. The maximum absolute atomic E-state index is 13.2. The van der Waals surface area contributed by atoms with E-state index in [0.29, 0.717) is 24.1 Å². The molecule has 1 atom stereocenters. The third-order valence-corrected chi connectivity index (χ3v) is 5.55. The maximum atomic E-state index is 13.2. The van der Waals surface area contributed by atoms with Crippen LogP contribution in [0.4, 0.5) is 26.3 Å². The van der Waals surface area contributed by atoms with Crippen LogP contribution in [0.2, 0.25) is 0 Å². The molecule has 184 valence electrons. The molecule has 1 amide bonds. The van der Waals surface area contributed by atoms with Crippen molar-refractivity contribution < 1.29 is 35.9 Å². The minimum absolute atomic E-state index is 0.0209. The summed E-state index contributed by atoms with van der Waals surface area (Å²) in [5.41, 5.74) is -3.53. The van der Waals surface area contributed by atoms with Gasteiger partial charge in [-0.3, -0.25) is 14.2 Å². The van der Waals surface area contributed by atoms with Crippen LogP contribution in [0.5, 0.6) is 0 Å². The molecule has 3 aromatic rings. The van der Waals surface area contributed by atoms with Crippen LogP contribution in [0.3, 0.4) is 0 Å².